The molecule has 0 spiro atoms. The highest BCUT2D eigenvalue weighted by atomic mass is 79.9. The van der Waals surface area contributed by atoms with E-state index in [9.17, 15) is 13.2 Å². The van der Waals surface area contributed by atoms with Gasteiger partial charge < -0.3 is 9.64 Å². The van der Waals surface area contributed by atoms with E-state index in [1.807, 2.05) is 0 Å². The maximum absolute atomic E-state index is 13.1. The summed E-state index contributed by atoms with van der Waals surface area (Å²) in [6.07, 6.45) is 0.519. The summed E-state index contributed by atoms with van der Waals surface area (Å²) in [6, 6.07) is 6.58. The van der Waals surface area contributed by atoms with Crippen LogP contribution in [0.5, 0.6) is 0 Å². The molecule has 2 aromatic rings. The van der Waals surface area contributed by atoms with Crippen LogP contribution in [0.4, 0.5) is 0 Å². The molecule has 0 saturated carbocycles. The minimum absolute atomic E-state index is 0.146. The highest BCUT2D eigenvalue weighted by Gasteiger charge is 2.34. The SMILES string of the molecule is Cn1nc(C(=O)N2CCOCC2)c2c1CCN(S(=O)(=O)c1ccc(Br)cc1)C2. The Morgan fingerprint density at radius 1 is 1.14 bits per heavy atom. The first-order valence-corrected chi connectivity index (χ1v) is 11.3. The molecule has 1 amide bonds. The Hall–Kier alpha value is -1.75. The first-order chi connectivity index (χ1) is 13.4. The van der Waals surface area contributed by atoms with E-state index >= 15 is 0 Å². The van der Waals surface area contributed by atoms with Crippen molar-refractivity contribution in [2.75, 3.05) is 32.8 Å². The van der Waals surface area contributed by atoms with Crippen molar-refractivity contribution in [2.45, 2.75) is 17.9 Å². The first kappa shape index (κ1) is 19.6. The minimum Gasteiger partial charge on any atom is -0.378 e. The number of rotatable bonds is 3. The summed E-state index contributed by atoms with van der Waals surface area (Å²) < 4.78 is 35.4. The van der Waals surface area contributed by atoms with Crippen LogP contribution in [0.2, 0.25) is 0 Å². The standard InChI is InChI=1S/C18H21BrN4O4S/c1-21-16-6-7-23(28(25,26)14-4-2-13(19)3-5-14)12-15(16)17(20-21)18(24)22-8-10-27-11-9-22/h2-5H,6-12H2,1H3. The molecule has 2 aliphatic rings. The zero-order chi connectivity index (χ0) is 19.9. The van der Waals surface area contributed by atoms with Crippen LogP contribution >= 0.6 is 15.9 Å². The number of hydrogen-bond donors (Lipinski definition) is 0. The van der Waals surface area contributed by atoms with Gasteiger partial charge in [0.1, 0.15) is 0 Å². The van der Waals surface area contributed by atoms with Crippen LogP contribution in [0.1, 0.15) is 21.7 Å². The van der Waals surface area contributed by atoms with E-state index < -0.39 is 10.0 Å². The largest absolute Gasteiger partial charge is 0.378 e. The van der Waals surface area contributed by atoms with Crippen LogP contribution in [0.3, 0.4) is 0 Å². The van der Waals surface area contributed by atoms with Gasteiger partial charge in [0.25, 0.3) is 5.91 Å². The normalized spacial score (nSPS) is 18.1. The number of benzene rings is 1. The molecule has 2 aliphatic heterocycles. The lowest BCUT2D eigenvalue weighted by molar-refractivity contribution is 0.0297. The fourth-order valence-corrected chi connectivity index (χ4v) is 5.29. The number of nitrogens with zero attached hydrogens (tertiary/aromatic N) is 4. The highest BCUT2D eigenvalue weighted by Crippen LogP contribution is 2.28. The maximum atomic E-state index is 13.1. The van der Waals surface area contributed by atoms with Crippen molar-refractivity contribution in [3.63, 3.8) is 0 Å². The van der Waals surface area contributed by atoms with Gasteiger partial charge in [-0.1, -0.05) is 15.9 Å². The number of carbonyl (C=O) groups excluding carboxylic acids is 1. The smallest absolute Gasteiger partial charge is 0.274 e. The zero-order valence-electron chi connectivity index (χ0n) is 15.5. The van der Waals surface area contributed by atoms with Crippen LogP contribution in [0, 0.1) is 0 Å². The van der Waals surface area contributed by atoms with Gasteiger partial charge in [0.15, 0.2) is 5.69 Å². The van der Waals surface area contributed by atoms with E-state index in [0.29, 0.717) is 50.5 Å². The number of aryl methyl sites for hydroxylation is 1. The van der Waals surface area contributed by atoms with Crippen LogP contribution in [-0.2, 0) is 34.8 Å². The number of amides is 1. The molecule has 1 fully saturated rings. The molecule has 4 rings (SSSR count). The monoisotopic (exact) mass is 468 g/mol. The van der Waals surface area contributed by atoms with Crippen molar-refractivity contribution in [2.24, 2.45) is 7.05 Å². The summed E-state index contributed by atoms with van der Waals surface area (Å²) in [4.78, 5) is 14.9. The van der Waals surface area contributed by atoms with Crippen LogP contribution in [0.25, 0.3) is 0 Å². The number of sulfonamides is 1. The van der Waals surface area contributed by atoms with E-state index in [2.05, 4.69) is 21.0 Å². The molecule has 10 heteroatoms. The highest BCUT2D eigenvalue weighted by molar-refractivity contribution is 9.10. The van der Waals surface area contributed by atoms with Crippen LogP contribution < -0.4 is 0 Å². The molecule has 8 nitrogen and oxygen atoms in total. The minimum atomic E-state index is -3.65. The van der Waals surface area contributed by atoms with Crippen molar-refractivity contribution < 1.29 is 17.9 Å². The Morgan fingerprint density at radius 2 is 1.82 bits per heavy atom. The van der Waals surface area contributed by atoms with Gasteiger partial charge in [-0.15, -0.1) is 0 Å². The third kappa shape index (κ3) is 3.49. The van der Waals surface area contributed by atoms with Gasteiger partial charge in [0.05, 0.1) is 18.1 Å². The molecule has 0 atom stereocenters. The molecule has 28 heavy (non-hydrogen) atoms. The molecule has 1 aromatic carbocycles. The Kier molecular flexibility index (Phi) is 5.30. The lowest BCUT2D eigenvalue weighted by Crippen LogP contribution is -2.42. The molecule has 0 unspecified atom stereocenters. The third-order valence-electron chi connectivity index (χ3n) is 5.16. The molecule has 0 radical (unpaired) electrons. The lowest BCUT2D eigenvalue weighted by Gasteiger charge is -2.29. The van der Waals surface area contributed by atoms with Crippen LogP contribution in [-0.4, -0.2) is 66.2 Å². The first-order valence-electron chi connectivity index (χ1n) is 9.05. The van der Waals surface area contributed by atoms with Gasteiger partial charge in [-0.25, -0.2) is 8.42 Å². The number of morpholine rings is 1. The van der Waals surface area contributed by atoms with Crippen molar-refractivity contribution in [3.05, 3.63) is 45.7 Å². The van der Waals surface area contributed by atoms with Gasteiger partial charge in [0.2, 0.25) is 10.0 Å². The summed E-state index contributed by atoms with van der Waals surface area (Å²) in [7, 11) is -1.85. The van der Waals surface area contributed by atoms with Gasteiger partial charge in [-0.3, -0.25) is 9.48 Å². The van der Waals surface area contributed by atoms with Crippen LogP contribution in [0.15, 0.2) is 33.6 Å². The molecule has 1 aromatic heterocycles. The Labute approximate surface area is 172 Å². The van der Waals surface area contributed by atoms with E-state index in [0.717, 1.165) is 10.2 Å². The van der Waals surface area contributed by atoms with E-state index in [-0.39, 0.29) is 17.3 Å². The summed E-state index contributed by atoms with van der Waals surface area (Å²) in [5, 5.41) is 4.43. The second-order valence-electron chi connectivity index (χ2n) is 6.84. The predicted octanol–water partition coefficient (Wildman–Crippen LogP) is 1.40. The number of hydrogen-bond acceptors (Lipinski definition) is 5. The second-order valence-corrected chi connectivity index (χ2v) is 9.70. The summed E-state index contributed by atoms with van der Waals surface area (Å²) in [5.41, 5.74) is 1.96. The molecule has 150 valence electrons. The summed E-state index contributed by atoms with van der Waals surface area (Å²) in [6.45, 7) is 2.55. The molecule has 0 bridgehead atoms. The predicted molar refractivity (Wildman–Crippen MR) is 105 cm³/mol. The fourth-order valence-electron chi connectivity index (χ4n) is 3.62. The fraction of sp³-hybridized carbons (Fsp3) is 0.444. The van der Waals surface area contributed by atoms with E-state index in [1.54, 1.807) is 40.9 Å². The molecule has 0 N–H and O–H groups in total. The number of fused-ring (bicyclic) bond motifs is 1. The molecule has 0 aliphatic carbocycles. The van der Waals surface area contributed by atoms with Crippen molar-refractivity contribution in [1.82, 2.24) is 19.0 Å². The molecular weight excluding hydrogens is 448 g/mol. The molecule has 1 saturated heterocycles. The second kappa shape index (κ2) is 7.58. The van der Waals surface area contributed by atoms with E-state index in [4.69, 9.17) is 4.74 Å². The molecule has 3 heterocycles. The lowest BCUT2D eigenvalue weighted by atomic mass is 10.1. The topological polar surface area (TPSA) is 84.7 Å². The summed E-state index contributed by atoms with van der Waals surface area (Å²) >= 11 is 3.33. The average Bonchev–Trinajstić information content (AvgIpc) is 3.04. The maximum Gasteiger partial charge on any atom is 0.274 e. The Bertz CT molecular complexity index is 997. The number of carbonyl (C=O) groups is 1. The van der Waals surface area contributed by atoms with E-state index in [1.165, 1.54) is 4.31 Å². The van der Waals surface area contributed by atoms with Crippen molar-refractivity contribution >= 4 is 31.9 Å². The van der Waals surface area contributed by atoms with Gasteiger partial charge in [-0.05, 0) is 24.3 Å². The van der Waals surface area contributed by atoms with Crippen molar-refractivity contribution in [3.8, 4) is 0 Å². The Balaban J connectivity index is 1.64. The van der Waals surface area contributed by atoms with Gasteiger partial charge >= 0.3 is 0 Å². The number of ether oxygens (including phenoxy) is 1. The van der Waals surface area contributed by atoms with Gasteiger partial charge in [-0.2, -0.15) is 9.40 Å². The zero-order valence-corrected chi connectivity index (χ0v) is 17.9. The Morgan fingerprint density at radius 3 is 2.50 bits per heavy atom. The summed E-state index contributed by atoms with van der Waals surface area (Å²) in [5.74, 6) is -0.164. The number of halogens is 1. The third-order valence-corrected chi connectivity index (χ3v) is 7.55. The average molecular weight is 469 g/mol. The number of aromatic nitrogens is 2. The van der Waals surface area contributed by atoms with Crippen molar-refractivity contribution in [1.29, 1.82) is 0 Å². The quantitative estimate of drug-likeness (QED) is 0.679. The van der Waals surface area contributed by atoms with Gasteiger partial charge in [0, 0.05) is 55.4 Å². The molecular formula is C18H21BrN4O4S.